The topological polar surface area (TPSA) is 87.1 Å². The second kappa shape index (κ2) is 6.49. The zero-order chi connectivity index (χ0) is 21.0. The summed E-state index contributed by atoms with van der Waals surface area (Å²) in [5.41, 5.74) is 3.05. The van der Waals surface area contributed by atoms with Gasteiger partial charge in [0, 0.05) is 23.6 Å². The highest BCUT2D eigenvalue weighted by Gasteiger charge is 2.43. The number of nitrogens with one attached hydrogen (secondary N) is 2. The number of phenols is 1. The summed E-state index contributed by atoms with van der Waals surface area (Å²) in [7, 11) is 0. The van der Waals surface area contributed by atoms with Gasteiger partial charge in [-0.1, -0.05) is 44.2 Å². The molecule has 0 amide bonds. The van der Waals surface area contributed by atoms with Gasteiger partial charge in [-0.25, -0.2) is 4.68 Å². The average molecular weight is 401 g/mol. The van der Waals surface area contributed by atoms with Gasteiger partial charge in [0.1, 0.15) is 11.6 Å². The molecule has 1 aromatic heterocycles. The van der Waals surface area contributed by atoms with E-state index in [0.717, 1.165) is 16.9 Å². The molecule has 0 saturated carbocycles. The Morgan fingerprint density at radius 1 is 1.03 bits per heavy atom. The standard InChI is InChI=1S/C24H23N3O3/c1-24(2)12-17-20(18(29)13-24)19(14-7-6-10-16(28)11-14)21-22(25-17)26-27(23(21)30)15-8-4-3-5-9-15/h3-11,19,25-26,28H,12-13H2,1-2H3. The molecule has 3 aromatic rings. The van der Waals surface area contributed by atoms with E-state index >= 15 is 0 Å². The van der Waals surface area contributed by atoms with Crippen LogP contribution in [0, 0.1) is 5.41 Å². The summed E-state index contributed by atoms with van der Waals surface area (Å²) >= 11 is 0. The third kappa shape index (κ3) is 2.87. The van der Waals surface area contributed by atoms with Crippen LogP contribution in [-0.2, 0) is 4.79 Å². The van der Waals surface area contributed by atoms with Gasteiger partial charge in [0.05, 0.1) is 11.3 Å². The number of para-hydroxylation sites is 1. The second-order valence-electron chi connectivity index (χ2n) is 8.86. The first-order valence-electron chi connectivity index (χ1n) is 10.1. The minimum Gasteiger partial charge on any atom is -0.508 e. The van der Waals surface area contributed by atoms with E-state index in [4.69, 9.17) is 0 Å². The number of allylic oxidation sites excluding steroid dienone is 2. The lowest BCUT2D eigenvalue weighted by molar-refractivity contribution is -0.118. The fourth-order valence-corrected chi connectivity index (χ4v) is 4.69. The van der Waals surface area contributed by atoms with Crippen LogP contribution in [0.25, 0.3) is 5.69 Å². The quantitative estimate of drug-likeness (QED) is 0.604. The first kappa shape index (κ1) is 18.5. The predicted octanol–water partition coefficient (Wildman–Crippen LogP) is 4.07. The zero-order valence-electron chi connectivity index (χ0n) is 16.9. The van der Waals surface area contributed by atoms with Gasteiger partial charge in [0.15, 0.2) is 5.78 Å². The lowest BCUT2D eigenvalue weighted by Crippen LogP contribution is -2.35. The Morgan fingerprint density at radius 3 is 2.53 bits per heavy atom. The van der Waals surface area contributed by atoms with Crippen LogP contribution in [0.4, 0.5) is 5.82 Å². The molecule has 6 heteroatoms. The molecule has 6 nitrogen and oxygen atoms in total. The summed E-state index contributed by atoms with van der Waals surface area (Å²) in [6, 6.07) is 16.2. The van der Waals surface area contributed by atoms with Crippen molar-refractivity contribution in [2.45, 2.75) is 32.6 Å². The first-order valence-corrected chi connectivity index (χ1v) is 10.1. The molecule has 2 aliphatic rings. The molecule has 30 heavy (non-hydrogen) atoms. The smallest absolute Gasteiger partial charge is 0.277 e. The van der Waals surface area contributed by atoms with Crippen molar-refractivity contribution < 1.29 is 9.90 Å². The molecular formula is C24H23N3O3. The monoisotopic (exact) mass is 401 g/mol. The number of hydrogen-bond donors (Lipinski definition) is 3. The van der Waals surface area contributed by atoms with Crippen molar-refractivity contribution in [3.63, 3.8) is 0 Å². The summed E-state index contributed by atoms with van der Waals surface area (Å²) in [5, 5.41) is 16.6. The van der Waals surface area contributed by atoms with Crippen molar-refractivity contribution in [1.82, 2.24) is 9.78 Å². The number of aromatic hydroxyl groups is 1. The SMILES string of the molecule is CC1(C)CC(=O)C2=C(C1)Nc1[nH]n(-c3ccccc3)c(=O)c1C2c1cccc(O)c1. The van der Waals surface area contributed by atoms with Crippen molar-refractivity contribution >= 4 is 11.6 Å². The lowest BCUT2D eigenvalue weighted by atomic mass is 9.69. The number of aromatic amines is 1. The molecule has 1 aliphatic heterocycles. The van der Waals surface area contributed by atoms with E-state index in [1.54, 1.807) is 18.2 Å². The second-order valence-corrected chi connectivity index (χ2v) is 8.86. The van der Waals surface area contributed by atoms with Gasteiger partial charge in [0.2, 0.25) is 0 Å². The molecule has 0 bridgehead atoms. The van der Waals surface area contributed by atoms with Crippen molar-refractivity contribution in [3.05, 3.63) is 87.3 Å². The largest absolute Gasteiger partial charge is 0.508 e. The third-order valence-corrected chi connectivity index (χ3v) is 5.92. The summed E-state index contributed by atoms with van der Waals surface area (Å²) < 4.78 is 1.50. The maximum Gasteiger partial charge on any atom is 0.277 e. The number of carbonyl (C=O) groups excluding carboxylic acids is 1. The molecular weight excluding hydrogens is 378 g/mol. The van der Waals surface area contributed by atoms with E-state index in [1.807, 2.05) is 36.4 Å². The number of Topliss-reactive ketones (excluding diaryl/α,β-unsaturated/α-hetero) is 1. The van der Waals surface area contributed by atoms with Crippen molar-refractivity contribution in [1.29, 1.82) is 0 Å². The minimum atomic E-state index is -0.527. The Morgan fingerprint density at radius 2 is 1.80 bits per heavy atom. The number of phenolic OH excluding ortho intramolecular Hbond substituents is 1. The predicted molar refractivity (Wildman–Crippen MR) is 115 cm³/mol. The van der Waals surface area contributed by atoms with Gasteiger partial charge in [-0.15, -0.1) is 0 Å². The number of carbonyl (C=O) groups is 1. The fraction of sp³-hybridized carbons (Fsp3) is 0.250. The number of fused-ring (bicyclic) bond motifs is 1. The van der Waals surface area contributed by atoms with Crippen LogP contribution in [0.3, 0.4) is 0 Å². The number of H-pyrrole nitrogens is 1. The maximum absolute atomic E-state index is 13.5. The Hall–Kier alpha value is -3.54. The van der Waals surface area contributed by atoms with Crippen molar-refractivity contribution in [2.24, 2.45) is 5.41 Å². The summed E-state index contributed by atoms with van der Waals surface area (Å²) in [6.45, 7) is 4.15. The van der Waals surface area contributed by atoms with Gasteiger partial charge in [-0.2, -0.15) is 0 Å². The van der Waals surface area contributed by atoms with Crippen LogP contribution in [0.1, 0.15) is 43.7 Å². The molecule has 5 rings (SSSR count). The Balaban J connectivity index is 1.76. The molecule has 1 unspecified atom stereocenters. The molecule has 0 saturated heterocycles. The first-order chi connectivity index (χ1) is 14.3. The highest BCUT2D eigenvalue weighted by Crippen LogP contribution is 2.48. The van der Waals surface area contributed by atoms with Crippen LogP contribution in [0.2, 0.25) is 0 Å². The van der Waals surface area contributed by atoms with Crippen molar-refractivity contribution in [2.75, 3.05) is 5.32 Å². The Kier molecular flexibility index (Phi) is 4.00. The average Bonchev–Trinajstić information content (AvgIpc) is 3.02. The summed E-state index contributed by atoms with van der Waals surface area (Å²) in [6.07, 6.45) is 1.14. The number of ketones is 1. The maximum atomic E-state index is 13.5. The Labute approximate surface area is 173 Å². The highest BCUT2D eigenvalue weighted by molar-refractivity contribution is 6.01. The van der Waals surface area contributed by atoms with E-state index in [9.17, 15) is 14.7 Å². The highest BCUT2D eigenvalue weighted by atomic mass is 16.3. The van der Waals surface area contributed by atoms with Gasteiger partial charge < -0.3 is 10.4 Å². The molecule has 152 valence electrons. The fourth-order valence-electron chi connectivity index (χ4n) is 4.69. The van der Waals surface area contributed by atoms with Crippen LogP contribution in [0.5, 0.6) is 5.75 Å². The molecule has 2 heterocycles. The lowest BCUT2D eigenvalue weighted by Gasteiger charge is -2.37. The van der Waals surface area contributed by atoms with E-state index in [0.29, 0.717) is 29.8 Å². The Bertz CT molecular complexity index is 1250. The number of anilines is 1. The molecule has 0 radical (unpaired) electrons. The summed E-state index contributed by atoms with van der Waals surface area (Å²) in [5.74, 6) is 0.221. The normalized spacial score (nSPS) is 19.8. The van der Waals surface area contributed by atoms with Crippen LogP contribution in [-0.4, -0.2) is 20.7 Å². The number of rotatable bonds is 2. The minimum absolute atomic E-state index is 0.0413. The summed E-state index contributed by atoms with van der Waals surface area (Å²) in [4.78, 5) is 26.7. The molecule has 3 N–H and O–H groups in total. The third-order valence-electron chi connectivity index (χ3n) is 5.92. The van der Waals surface area contributed by atoms with Gasteiger partial charge in [-0.05, 0) is 41.7 Å². The van der Waals surface area contributed by atoms with E-state index < -0.39 is 5.92 Å². The van der Waals surface area contributed by atoms with Gasteiger partial charge in [-0.3, -0.25) is 14.7 Å². The van der Waals surface area contributed by atoms with E-state index in [1.165, 1.54) is 4.68 Å². The molecule has 0 fully saturated rings. The van der Waals surface area contributed by atoms with Gasteiger partial charge >= 0.3 is 0 Å². The number of benzene rings is 2. The number of nitrogens with zero attached hydrogens (tertiary/aromatic N) is 1. The van der Waals surface area contributed by atoms with E-state index in [-0.39, 0.29) is 22.5 Å². The zero-order valence-corrected chi connectivity index (χ0v) is 16.9. The van der Waals surface area contributed by atoms with Crippen molar-refractivity contribution in [3.8, 4) is 11.4 Å². The number of hydrogen-bond acceptors (Lipinski definition) is 4. The molecule has 2 aromatic carbocycles. The van der Waals surface area contributed by atoms with Crippen LogP contribution >= 0.6 is 0 Å². The molecule has 1 atom stereocenters. The van der Waals surface area contributed by atoms with E-state index in [2.05, 4.69) is 24.3 Å². The van der Waals surface area contributed by atoms with Crippen LogP contribution < -0.4 is 10.9 Å². The van der Waals surface area contributed by atoms with Gasteiger partial charge in [0.25, 0.3) is 5.56 Å². The molecule has 0 spiro atoms. The number of aromatic nitrogens is 2. The van der Waals surface area contributed by atoms with Crippen LogP contribution in [0.15, 0.2) is 70.7 Å². The molecule has 1 aliphatic carbocycles.